The summed E-state index contributed by atoms with van der Waals surface area (Å²) in [6.07, 6.45) is 2.56. The lowest BCUT2D eigenvalue weighted by Crippen LogP contribution is -2.35. The summed E-state index contributed by atoms with van der Waals surface area (Å²) >= 11 is 0. The molecule has 3 heteroatoms. The van der Waals surface area contributed by atoms with Crippen LogP contribution in [0, 0.1) is 5.41 Å². The summed E-state index contributed by atoms with van der Waals surface area (Å²) in [6.45, 7) is 4.00. The molecule has 0 aromatic heterocycles. The van der Waals surface area contributed by atoms with Crippen LogP contribution < -0.4 is 0 Å². The fraction of sp³-hybridized carbons (Fsp3) is 0.800. The van der Waals surface area contributed by atoms with Gasteiger partial charge in [0, 0.05) is 12.8 Å². The Morgan fingerprint density at radius 1 is 1.62 bits per heavy atom. The number of esters is 1. The molecule has 1 rings (SSSR count). The van der Waals surface area contributed by atoms with Gasteiger partial charge in [0.05, 0.1) is 12.0 Å². The van der Waals surface area contributed by atoms with E-state index in [0.717, 1.165) is 12.8 Å². The monoisotopic (exact) mass is 184 g/mol. The van der Waals surface area contributed by atoms with Gasteiger partial charge >= 0.3 is 5.97 Å². The minimum Gasteiger partial charge on any atom is -0.466 e. The second kappa shape index (κ2) is 3.90. The fourth-order valence-corrected chi connectivity index (χ4v) is 1.77. The Morgan fingerprint density at radius 3 is 2.85 bits per heavy atom. The molecule has 0 unspecified atom stereocenters. The molecule has 1 aliphatic carbocycles. The molecule has 0 heterocycles. The van der Waals surface area contributed by atoms with Crippen LogP contribution in [-0.4, -0.2) is 18.4 Å². The third kappa shape index (κ3) is 2.29. The van der Waals surface area contributed by atoms with Crippen LogP contribution >= 0.6 is 0 Å². The van der Waals surface area contributed by atoms with Crippen molar-refractivity contribution in [3.63, 3.8) is 0 Å². The highest BCUT2D eigenvalue weighted by Gasteiger charge is 2.39. The Hall–Kier alpha value is -0.860. The summed E-state index contributed by atoms with van der Waals surface area (Å²) in [5.74, 6) is -0.0372. The standard InChI is InChI=1S/C10H16O3/c1-3-13-9(12)10(2)6-4-5-8(11)7-10/h3-7H2,1-2H3/t10-/m1/s1. The third-order valence-electron chi connectivity index (χ3n) is 2.54. The largest absolute Gasteiger partial charge is 0.466 e. The van der Waals surface area contributed by atoms with Gasteiger partial charge in [-0.15, -0.1) is 0 Å². The molecular formula is C10H16O3. The first-order valence-electron chi connectivity index (χ1n) is 4.77. The first kappa shape index (κ1) is 10.2. The predicted octanol–water partition coefficient (Wildman–Crippen LogP) is 1.70. The molecule has 1 saturated carbocycles. The molecule has 0 aromatic rings. The van der Waals surface area contributed by atoms with E-state index in [1.165, 1.54) is 0 Å². The Bertz CT molecular complexity index is 222. The first-order chi connectivity index (χ1) is 6.08. The fourth-order valence-electron chi connectivity index (χ4n) is 1.77. The van der Waals surface area contributed by atoms with Gasteiger partial charge in [-0.05, 0) is 26.7 Å². The molecule has 13 heavy (non-hydrogen) atoms. The van der Waals surface area contributed by atoms with E-state index >= 15 is 0 Å². The van der Waals surface area contributed by atoms with Crippen molar-refractivity contribution in [3.05, 3.63) is 0 Å². The van der Waals surface area contributed by atoms with Gasteiger partial charge in [-0.25, -0.2) is 0 Å². The SMILES string of the molecule is CCOC(=O)[C@]1(C)CCCC(=O)C1. The summed E-state index contributed by atoms with van der Waals surface area (Å²) in [7, 11) is 0. The highest BCUT2D eigenvalue weighted by Crippen LogP contribution is 2.35. The van der Waals surface area contributed by atoms with Crippen LogP contribution in [0.3, 0.4) is 0 Å². The average molecular weight is 184 g/mol. The number of ether oxygens (including phenoxy) is 1. The zero-order chi connectivity index (χ0) is 9.90. The Kier molecular flexibility index (Phi) is 3.07. The normalized spacial score (nSPS) is 28.6. The lowest BCUT2D eigenvalue weighted by atomic mass is 9.75. The maximum atomic E-state index is 11.5. The van der Waals surface area contributed by atoms with Crippen molar-refractivity contribution in [3.8, 4) is 0 Å². The third-order valence-corrected chi connectivity index (χ3v) is 2.54. The second-order valence-corrected chi connectivity index (χ2v) is 3.85. The van der Waals surface area contributed by atoms with E-state index in [-0.39, 0.29) is 11.8 Å². The zero-order valence-corrected chi connectivity index (χ0v) is 8.26. The maximum absolute atomic E-state index is 11.5. The summed E-state index contributed by atoms with van der Waals surface area (Å²) in [5.41, 5.74) is -0.550. The number of rotatable bonds is 2. The van der Waals surface area contributed by atoms with Gasteiger partial charge in [0.2, 0.25) is 0 Å². The summed E-state index contributed by atoms with van der Waals surface area (Å²) in [4.78, 5) is 22.7. The van der Waals surface area contributed by atoms with Crippen molar-refractivity contribution in [1.29, 1.82) is 0 Å². The number of hydrogen-bond donors (Lipinski definition) is 0. The number of carbonyl (C=O) groups excluding carboxylic acids is 2. The topological polar surface area (TPSA) is 43.4 Å². The number of ketones is 1. The number of carbonyl (C=O) groups is 2. The molecule has 0 aromatic carbocycles. The van der Waals surface area contributed by atoms with Crippen molar-refractivity contribution in [2.24, 2.45) is 5.41 Å². The predicted molar refractivity (Wildman–Crippen MR) is 48.2 cm³/mol. The van der Waals surface area contributed by atoms with Gasteiger partial charge in [-0.2, -0.15) is 0 Å². The minimum atomic E-state index is -0.550. The molecule has 1 aliphatic rings. The van der Waals surface area contributed by atoms with Gasteiger partial charge in [0.25, 0.3) is 0 Å². The molecule has 1 fully saturated rings. The highest BCUT2D eigenvalue weighted by molar-refractivity contribution is 5.88. The lowest BCUT2D eigenvalue weighted by molar-refractivity contribution is -0.158. The van der Waals surface area contributed by atoms with Crippen molar-refractivity contribution < 1.29 is 14.3 Å². The first-order valence-corrected chi connectivity index (χ1v) is 4.77. The Labute approximate surface area is 78.5 Å². The maximum Gasteiger partial charge on any atom is 0.312 e. The average Bonchev–Trinajstić information content (AvgIpc) is 2.04. The van der Waals surface area contributed by atoms with E-state index in [4.69, 9.17) is 4.74 Å². The van der Waals surface area contributed by atoms with E-state index in [2.05, 4.69) is 0 Å². The summed E-state index contributed by atoms with van der Waals surface area (Å²) in [6, 6.07) is 0. The second-order valence-electron chi connectivity index (χ2n) is 3.85. The van der Waals surface area contributed by atoms with E-state index in [0.29, 0.717) is 19.4 Å². The Morgan fingerprint density at radius 2 is 2.31 bits per heavy atom. The molecule has 0 amide bonds. The Balaban J connectivity index is 2.63. The molecule has 1 atom stereocenters. The van der Waals surface area contributed by atoms with E-state index < -0.39 is 5.41 Å². The van der Waals surface area contributed by atoms with Crippen LogP contribution in [0.25, 0.3) is 0 Å². The molecule has 0 saturated heterocycles. The van der Waals surface area contributed by atoms with Crippen LogP contribution in [0.1, 0.15) is 39.5 Å². The number of Topliss-reactive ketones (excluding diaryl/α,β-unsaturated/α-hetero) is 1. The van der Waals surface area contributed by atoms with Crippen molar-refractivity contribution >= 4 is 11.8 Å². The van der Waals surface area contributed by atoms with E-state index in [1.54, 1.807) is 6.92 Å². The van der Waals surface area contributed by atoms with Crippen molar-refractivity contribution in [2.75, 3.05) is 6.61 Å². The van der Waals surface area contributed by atoms with Crippen LogP contribution in [0.15, 0.2) is 0 Å². The summed E-state index contributed by atoms with van der Waals surface area (Å²) < 4.78 is 4.94. The van der Waals surface area contributed by atoms with Gasteiger partial charge in [-0.3, -0.25) is 9.59 Å². The van der Waals surface area contributed by atoms with Crippen LogP contribution in [0.5, 0.6) is 0 Å². The lowest BCUT2D eigenvalue weighted by Gasteiger charge is -2.29. The van der Waals surface area contributed by atoms with E-state index in [1.807, 2.05) is 6.92 Å². The van der Waals surface area contributed by atoms with Crippen LogP contribution in [0.2, 0.25) is 0 Å². The summed E-state index contributed by atoms with van der Waals surface area (Å²) in [5, 5.41) is 0. The molecule has 0 radical (unpaired) electrons. The van der Waals surface area contributed by atoms with Crippen molar-refractivity contribution in [1.82, 2.24) is 0 Å². The molecule has 74 valence electrons. The smallest absolute Gasteiger partial charge is 0.312 e. The van der Waals surface area contributed by atoms with Crippen LogP contribution in [-0.2, 0) is 14.3 Å². The van der Waals surface area contributed by atoms with E-state index in [9.17, 15) is 9.59 Å². The quantitative estimate of drug-likeness (QED) is 0.613. The molecule has 0 N–H and O–H groups in total. The zero-order valence-electron chi connectivity index (χ0n) is 8.26. The highest BCUT2D eigenvalue weighted by atomic mass is 16.5. The van der Waals surface area contributed by atoms with Gasteiger partial charge in [0.15, 0.2) is 0 Å². The molecule has 0 spiro atoms. The van der Waals surface area contributed by atoms with Gasteiger partial charge in [0.1, 0.15) is 5.78 Å². The molecular weight excluding hydrogens is 168 g/mol. The molecule has 3 nitrogen and oxygen atoms in total. The van der Waals surface area contributed by atoms with Gasteiger partial charge in [-0.1, -0.05) is 0 Å². The minimum absolute atomic E-state index is 0.182. The molecule has 0 aliphatic heterocycles. The number of hydrogen-bond acceptors (Lipinski definition) is 3. The van der Waals surface area contributed by atoms with Gasteiger partial charge < -0.3 is 4.74 Å². The van der Waals surface area contributed by atoms with Crippen molar-refractivity contribution in [2.45, 2.75) is 39.5 Å². The molecule has 0 bridgehead atoms. The van der Waals surface area contributed by atoms with Crippen LogP contribution in [0.4, 0.5) is 0 Å².